The van der Waals surface area contributed by atoms with Crippen LogP contribution in [-0.2, 0) is 9.59 Å². The number of aromatic nitrogens is 1. The Balaban J connectivity index is 1.50. The third kappa shape index (κ3) is 2.18. The molecule has 2 fully saturated rings. The zero-order valence-corrected chi connectivity index (χ0v) is 12.2. The Bertz CT molecular complexity index is 635. The van der Waals surface area contributed by atoms with Gasteiger partial charge in [-0.2, -0.15) is 0 Å². The molecule has 0 radical (unpaired) electrons. The molecule has 4 atom stereocenters. The van der Waals surface area contributed by atoms with E-state index in [4.69, 9.17) is 0 Å². The van der Waals surface area contributed by atoms with Crippen molar-refractivity contribution in [3.05, 3.63) is 23.2 Å². The van der Waals surface area contributed by atoms with Gasteiger partial charge in [0.2, 0.25) is 5.91 Å². The van der Waals surface area contributed by atoms with E-state index in [1.54, 1.807) is 0 Å². The number of hydrogen-bond donors (Lipinski definition) is 2. The summed E-state index contributed by atoms with van der Waals surface area (Å²) < 4.78 is 0. The van der Waals surface area contributed by atoms with E-state index >= 15 is 0 Å². The Morgan fingerprint density at radius 2 is 1.95 bits per heavy atom. The number of carboxylic acids is 1. The first-order valence-electron chi connectivity index (χ1n) is 7.31. The smallest absolute Gasteiger partial charge is 0.307 e. The van der Waals surface area contributed by atoms with Crippen LogP contribution in [0.25, 0.3) is 0 Å². The molecule has 2 saturated carbocycles. The maximum Gasteiger partial charge on any atom is 0.307 e. The van der Waals surface area contributed by atoms with E-state index in [1.165, 1.54) is 24.2 Å². The van der Waals surface area contributed by atoms with Gasteiger partial charge in [-0.05, 0) is 31.1 Å². The first-order valence-corrected chi connectivity index (χ1v) is 8.19. The zero-order valence-electron chi connectivity index (χ0n) is 11.4. The van der Waals surface area contributed by atoms with Crippen molar-refractivity contribution in [3.8, 4) is 0 Å². The number of hydrogen-bond acceptors (Lipinski definition) is 4. The van der Waals surface area contributed by atoms with Gasteiger partial charge in [0.25, 0.3) is 0 Å². The number of carboxylic acid groups (broad SMARTS) is 1. The van der Waals surface area contributed by atoms with Crippen molar-refractivity contribution in [1.29, 1.82) is 0 Å². The van der Waals surface area contributed by atoms with Crippen LogP contribution in [0.2, 0.25) is 0 Å². The van der Waals surface area contributed by atoms with Crippen LogP contribution in [0.4, 0.5) is 5.13 Å². The predicted molar refractivity (Wildman–Crippen MR) is 78.1 cm³/mol. The fourth-order valence-corrected chi connectivity index (χ4v) is 4.41. The number of fused-ring (bicyclic) bond motifs is 2. The molecule has 4 rings (SSSR count). The second-order valence-corrected chi connectivity index (χ2v) is 7.04. The molecule has 0 saturated heterocycles. The van der Waals surface area contributed by atoms with Crippen LogP contribution in [-0.4, -0.2) is 22.0 Å². The van der Waals surface area contributed by atoms with Gasteiger partial charge in [-0.15, -0.1) is 11.3 Å². The van der Waals surface area contributed by atoms with Crippen molar-refractivity contribution in [2.45, 2.75) is 25.2 Å². The third-order valence-corrected chi connectivity index (χ3v) is 5.57. The van der Waals surface area contributed by atoms with Gasteiger partial charge in [-0.3, -0.25) is 9.59 Å². The Morgan fingerprint density at radius 1 is 1.24 bits per heavy atom. The second kappa shape index (κ2) is 4.66. The lowest BCUT2D eigenvalue weighted by molar-refractivity contribution is -0.146. The number of nitrogens with zero attached hydrogens (tertiary/aromatic N) is 1. The monoisotopic (exact) mass is 304 g/mol. The minimum Gasteiger partial charge on any atom is -0.481 e. The van der Waals surface area contributed by atoms with E-state index in [0.29, 0.717) is 11.0 Å². The molecule has 0 aliphatic heterocycles. The topological polar surface area (TPSA) is 79.3 Å². The fraction of sp³-hybridized carbons (Fsp3) is 0.533. The summed E-state index contributed by atoms with van der Waals surface area (Å²) in [6, 6.07) is 0. The lowest BCUT2D eigenvalue weighted by Crippen LogP contribution is -2.36. The van der Waals surface area contributed by atoms with E-state index in [1.807, 2.05) is 17.5 Å². The number of allylic oxidation sites excluding steroid dienone is 2. The minimum atomic E-state index is -0.871. The van der Waals surface area contributed by atoms with Crippen molar-refractivity contribution in [2.75, 3.05) is 5.32 Å². The molecule has 1 aromatic rings. The van der Waals surface area contributed by atoms with Gasteiger partial charge < -0.3 is 10.4 Å². The molecule has 2 N–H and O–H groups in total. The summed E-state index contributed by atoms with van der Waals surface area (Å²) in [5.41, 5.74) is 1.05. The van der Waals surface area contributed by atoms with Gasteiger partial charge in [0.15, 0.2) is 5.13 Å². The van der Waals surface area contributed by atoms with Gasteiger partial charge in [0.1, 0.15) is 0 Å². The van der Waals surface area contributed by atoms with Crippen molar-refractivity contribution >= 4 is 28.3 Å². The second-order valence-electron chi connectivity index (χ2n) is 6.18. The average Bonchev–Trinajstić information content (AvgIpc) is 2.88. The number of carbonyl (C=O) groups is 2. The van der Waals surface area contributed by atoms with E-state index in [2.05, 4.69) is 10.3 Å². The molecule has 1 heterocycles. The molecule has 1 amide bonds. The highest BCUT2D eigenvalue weighted by molar-refractivity contribution is 7.13. The summed E-state index contributed by atoms with van der Waals surface area (Å²) in [6.45, 7) is 0. The molecule has 110 valence electrons. The molecule has 3 aliphatic rings. The number of anilines is 1. The first-order chi connectivity index (χ1) is 10.1. The maximum absolute atomic E-state index is 12.5. The zero-order chi connectivity index (χ0) is 14.6. The summed E-state index contributed by atoms with van der Waals surface area (Å²) in [4.78, 5) is 28.3. The van der Waals surface area contributed by atoms with E-state index in [9.17, 15) is 14.7 Å². The third-order valence-electron chi connectivity index (χ3n) is 4.79. The Hall–Kier alpha value is -1.69. The van der Waals surface area contributed by atoms with Gasteiger partial charge in [-0.1, -0.05) is 12.2 Å². The molecule has 0 spiro atoms. The molecule has 21 heavy (non-hydrogen) atoms. The van der Waals surface area contributed by atoms with Crippen LogP contribution in [0.5, 0.6) is 0 Å². The molecular formula is C15H16N2O3S. The molecule has 5 nitrogen and oxygen atoms in total. The van der Waals surface area contributed by atoms with Crippen molar-refractivity contribution < 1.29 is 14.7 Å². The van der Waals surface area contributed by atoms with Crippen LogP contribution in [0.15, 0.2) is 17.5 Å². The molecule has 4 unspecified atom stereocenters. The summed E-state index contributed by atoms with van der Waals surface area (Å²) >= 11 is 1.43. The number of nitrogens with one attached hydrogen (secondary N) is 1. The minimum absolute atomic E-state index is 0.00145. The number of carbonyl (C=O) groups excluding carboxylic acids is 1. The first kappa shape index (κ1) is 13.0. The molecule has 3 aliphatic carbocycles. The van der Waals surface area contributed by atoms with Crippen LogP contribution in [0.3, 0.4) is 0 Å². The highest BCUT2D eigenvalue weighted by Crippen LogP contribution is 2.48. The summed E-state index contributed by atoms with van der Waals surface area (Å²) in [5, 5.41) is 14.8. The van der Waals surface area contributed by atoms with Crippen LogP contribution in [0, 0.1) is 23.7 Å². The predicted octanol–water partition coefficient (Wildman–Crippen LogP) is 2.48. The number of rotatable bonds is 4. The molecular weight excluding hydrogens is 288 g/mol. The van der Waals surface area contributed by atoms with E-state index < -0.39 is 17.8 Å². The lowest BCUT2D eigenvalue weighted by Gasteiger charge is -2.23. The van der Waals surface area contributed by atoms with Crippen LogP contribution < -0.4 is 5.32 Å². The van der Waals surface area contributed by atoms with Crippen molar-refractivity contribution in [3.63, 3.8) is 0 Å². The molecule has 0 aromatic carbocycles. The largest absolute Gasteiger partial charge is 0.481 e. The van der Waals surface area contributed by atoms with Crippen molar-refractivity contribution in [2.24, 2.45) is 23.7 Å². The van der Waals surface area contributed by atoms with E-state index in [-0.39, 0.29) is 17.7 Å². The molecule has 1 aromatic heterocycles. The Morgan fingerprint density at radius 3 is 2.62 bits per heavy atom. The van der Waals surface area contributed by atoms with E-state index in [0.717, 1.165) is 12.1 Å². The van der Waals surface area contributed by atoms with Gasteiger partial charge in [0, 0.05) is 11.3 Å². The van der Waals surface area contributed by atoms with Gasteiger partial charge >= 0.3 is 5.97 Å². The van der Waals surface area contributed by atoms with Gasteiger partial charge in [0.05, 0.1) is 17.5 Å². The SMILES string of the molecule is O=C(O)C1C2C=CC(C2)C1C(=O)Nc1nc(C2CC2)cs1. The average molecular weight is 304 g/mol. The molecule has 6 heteroatoms. The summed E-state index contributed by atoms with van der Waals surface area (Å²) in [5.74, 6) is -1.51. The number of amides is 1. The number of aliphatic carboxylic acids is 1. The highest BCUT2D eigenvalue weighted by atomic mass is 32.1. The molecule has 2 bridgehead atoms. The quantitative estimate of drug-likeness (QED) is 0.838. The van der Waals surface area contributed by atoms with Crippen LogP contribution in [0.1, 0.15) is 30.9 Å². The van der Waals surface area contributed by atoms with Gasteiger partial charge in [-0.25, -0.2) is 4.98 Å². The lowest BCUT2D eigenvalue weighted by atomic mass is 9.82. The normalized spacial score (nSPS) is 33.3. The Labute approximate surface area is 126 Å². The number of thiazole rings is 1. The Kier molecular flexibility index (Phi) is 2.89. The fourth-order valence-electron chi connectivity index (χ4n) is 3.62. The van der Waals surface area contributed by atoms with Crippen LogP contribution >= 0.6 is 11.3 Å². The summed E-state index contributed by atoms with van der Waals surface area (Å²) in [6.07, 6.45) is 7.07. The van der Waals surface area contributed by atoms with Crippen molar-refractivity contribution in [1.82, 2.24) is 4.98 Å². The summed E-state index contributed by atoms with van der Waals surface area (Å²) in [7, 11) is 0. The maximum atomic E-state index is 12.5. The highest BCUT2D eigenvalue weighted by Gasteiger charge is 2.51. The standard InChI is InChI=1S/C15H16N2O3S/c18-13(17-15-16-10(6-21-15)7-1-2-7)11-8-3-4-9(5-8)12(11)14(19)20/h3-4,6-9,11-12H,1-2,5H2,(H,19,20)(H,16,17,18).